The van der Waals surface area contributed by atoms with Crippen LogP contribution in [0.2, 0.25) is 0 Å². The lowest BCUT2D eigenvalue weighted by Crippen LogP contribution is -2.29. The van der Waals surface area contributed by atoms with Crippen molar-refractivity contribution >= 4 is 12.1 Å². The van der Waals surface area contributed by atoms with Gasteiger partial charge in [0, 0.05) is 0 Å². The van der Waals surface area contributed by atoms with Crippen LogP contribution in [0.1, 0.15) is 20.3 Å². The van der Waals surface area contributed by atoms with Gasteiger partial charge in [0.25, 0.3) is 0 Å². The van der Waals surface area contributed by atoms with E-state index in [1.807, 2.05) is 13.0 Å². The van der Waals surface area contributed by atoms with Crippen LogP contribution in [0.25, 0.3) is 0 Å². The summed E-state index contributed by atoms with van der Waals surface area (Å²) in [7, 11) is 0. The lowest BCUT2D eigenvalue weighted by molar-refractivity contribution is -0.126. The Hall–Kier alpha value is -1.18. The van der Waals surface area contributed by atoms with Crippen molar-refractivity contribution in [1.29, 1.82) is 0 Å². The van der Waals surface area contributed by atoms with Crippen LogP contribution in [-0.2, 0) is 9.59 Å². The van der Waals surface area contributed by atoms with Crippen LogP contribution in [0.3, 0.4) is 0 Å². The number of ketones is 1. The molecule has 0 aromatic rings. The predicted molar refractivity (Wildman–Crippen MR) is 51.2 cm³/mol. The van der Waals surface area contributed by atoms with Gasteiger partial charge in [0.1, 0.15) is 6.29 Å². The van der Waals surface area contributed by atoms with E-state index < -0.39 is 5.92 Å². The van der Waals surface area contributed by atoms with Gasteiger partial charge in [-0.3, -0.25) is 4.79 Å². The van der Waals surface area contributed by atoms with Crippen LogP contribution in [0.15, 0.2) is 23.8 Å². The van der Waals surface area contributed by atoms with E-state index in [9.17, 15) is 9.59 Å². The monoisotopic (exact) mass is 178 g/mol. The summed E-state index contributed by atoms with van der Waals surface area (Å²) in [6.45, 7) is 7.42. The molecule has 2 heteroatoms. The highest BCUT2D eigenvalue weighted by Crippen LogP contribution is 2.29. The van der Waals surface area contributed by atoms with E-state index in [2.05, 4.69) is 6.58 Å². The zero-order valence-electron chi connectivity index (χ0n) is 8.04. The molecule has 0 aromatic heterocycles. The highest BCUT2D eigenvalue weighted by Gasteiger charge is 2.31. The third-order valence-corrected chi connectivity index (χ3v) is 2.58. The summed E-state index contributed by atoms with van der Waals surface area (Å²) in [4.78, 5) is 22.3. The Morgan fingerprint density at radius 3 is 2.77 bits per heavy atom. The number of Topliss-reactive ketones (excluding diaryl/α,β-unsaturated/α-hetero) is 1. The van der Waals surface area contributed by atoms with E-state index in [0.29, 0.717) is 5.57 Å². The van der Waals surface area contributed by atoms with Gasteiger partial charge in [-0.2, -0.15) is 0 Å². The third-order valence-electron chi connectivity index (χ3n) is 2.58. The molecule has 2 atom stereocenters. The molecule has 2 nitrogen and oxygen atoms in total. The van der Waals surface area contributed by atoms with Crippen LogP contribution in [0.4, 0.5) is 0 Å². The first-order valence-corrected chi connectivity index (χ1v) is 4.39. The molecule has 70 valence electrons. The van der Waals surface area contributed by atoms with Crippen molar-refractivity contribution in [3.63, 3.8) is 0 Å². The van der Waals surface area contributed by atoms with Crippen molar-refractivity contribution in [2.75, 3.05) is 0 Å². The second-order valence-corrected chi connectivity index (χ2v) is 3.60. The van der Waals surface area contributed by atoms with Crippen LogP contribution < -0.4 is 0 Å². The summed E-state index contributed by atoms with van der Waals surface area (Å²) in [6.07, 6.45) is 3.40. The number of hydrogen-bond donors (Lipinski definition) is 0. The standard InChI is InChI=1S/C11H14O2/c1-7(2)9-5-4-8(3)11(13)10(9)6-12/h4,6,9-10H,1,5H2,2-3H3/t9-,10-/m0/s1. The van der Waals surface area contributed by atoms with Gasteiger partial charge in [-0.15, -0.1) is 0 Å². The van der Waals surface area contributed by atoms with Crippen molar-refractivity contribution in [2.45, 2.75) is 20.3 Å². The van der Waals surface area contributed by atoms with Crippen molar-refractivity contribution < 1.29 is 9.59 Å². The van der Waals surface area contributed by atoms with Gasteiger partial charge in [0.15, 0.2) is 5.78 Å². The van der Waals surface area contributed by atoms with E-state index in [-0.39, 0.29) is 11.7 Å². The maximum Gasteiger partial charge on any atom is 0.169 e. The summed E-state index contributed by atoms with van der Waals surface area (Å²) in [5, 5.41) is 0. The minimum atomic E-state index is -0.498. The lowest BCUT2D eigenvalue weighted by atomic mass is 9.77. The summed E-state index contributed by atoms with van der Waals surface area (Å²) in [5.74, 6) is -0.537. The first-order chi connectivity index (χ1) is 6.07. The van der Waals surface area contributed by atoms with Gasteiger partial charge in [-0.25, -0.2) is 0 Å². The number of carbonyl (C=O) groups excluding carboxylic acids is 2. The lowest BCUT2D eigenvalue weighted by Gasteiger charge is -2.25. The second kappa shape index (κ2) is 3.69. The fourth-order valence-electron chi connectivity index (χ4n) is 1.66. The molecule has 1 aliphatic rings. The van der Waals surface area contributed by atoms with Crippen molar-refractivity contribution in [3.8, 4) is 0 Å². The molecule has 0 heterocycles. The van der Waals surface area contributed by atoms with Crippen LogP contribution >= 0.6 is 0 Å². The van der Waals surface area contributed by atoms with Gasteiger partial charge in [-0.05, 0) is 31.8 Å². The average Bonchev–Trinajstić information content (AvgIpc) is 2.09. The molecular formula is C11H14O2. The van der Waals surface area contributed by atoms with Gasteiger partial charge < -0.3 is 4.79 Å². The Balaban J connectivity index is 2.97. The first kappa shape index (κ1) is 9.90. The first-order valence-electron chi connectivity index (χ1n) is 4.39. The molecule has 1 aliphatic carbocycles. The molecule has 1 rings (SSSR count). The van der Waals surface area contributed by atoms with Crippen LogP contribution in [-0.4, -0.2) is 12.1 Å². The molecule has 0 radical (unpaired) electrons. The minimum Gasteiger partial charge on any atom is -0.303 e. The number of allylic oxidation sites excluding steroid dienone is 3. The van der Waals surface area contributed by atoms with E-state index in [1.54, 1.807) is 6.92 Å². The Morgan fingerprint density at radius 2 is 2.31 bits per heavy atom. The zero-order chi connectivity index (χ0) is 10.0. The maximum absolute atomic E-state index is 11.5. The molecule has 0 saturated heterocycles. The predicted octanol–water partition coefficient (Wildman–Crippen LogP) is 1.91. The topological polar surface area (TPSA) is 34.1 Å². The summed E-state index contributed by atoms with van der Waals surface area (Å²) in [6, 6.07) is 0. The highest BCUT2D eigenvalue weighted by atomic mass is 16.1. The Bertz CT molecular complexity index is 286. The number of rotatable bonds is 2. The van der Waals surface area contributed by atoms with E-state index in [0.717, 1.165) is 18.3 Å². The van der Waals surface area contributed by atoms with E-state index in [4.69, 9.17) is 0 Å². The van der Waals surface area contributed by atoms with Crippen LogP contribution in [0.5, 0.6) is 0 Å². The Morgan fingerprint density at radius 1 is 1.69 bits per heavy atom. The van der Waals surface area contributed by atoms with Gasteiger partial charge in [0.05, 0.1) is 5.92 Å². The molecule has 0 aromatic carbocycles. The zero-order valence-corrected chi connectivity index (χ0v) is 8.04. The van der Waals surface area contributed by atoms with Crippen molar-refractivity contribution in [3.05, 3.63) is 23.8 Å². The molecule has 0 aliphatic heterocycles. The molecule has 0 spiro atoms. The largest absolute Gasteiger partial charge is 0.303 e. The minimum absolute atomic E-state index is 0.00806. The smallest absolute Gasteiger partial charge is 0.169 e. The van der Waals surface area contributed by atoms with Crippen molar-refractivity contribution in [2.24, 2.45) is 11.8 Å². The quantitative estimate of drug-likeness (QED) is 0.368. The van der Waals surface area contributed by atoms with Gasteiger partial charge in [-0.1, -0.05) is 18.2 Å². The summed E-state index contributed by atoms with van der Waals surface area (Å²) in [5.41, 5.74) is 1.61. The molecule has 0 unspecified atom stereocenters. The summed E-state index contributed by atoms with van der Waals surface area (Å²) >= 11 is 0. The number of hydrogen-bond acceptors (Lipinski definition) is 2. The molecule has 0 saturated carbocycles. The number of carbonyl (C=O) groups is 2. The highest BCUT2D eigenvalue weighted by molar-refractivity contribution is 6.05. The molecular weight excluding hydrogens is 164 g/mol. The van der Waals surface area contributed by atoms with Gasteiger partial charge in [0.2, 0.25) is 0 Å². The van der Waals surface area contributed by atoms with Gasteiger partial charge >= 0.3 is 0 Å². The third kappa shape index (κ3) is 1.77. The maximum atomic E-state index is 11.5. The summed E-state index contributed by atoms with van der Waals surface area (Å²) < 4.78 is 0. The fourth-order valence-corrected chi connectivity index (χ4v) is 1.66. The molecule has 0 amide bonds. The molecule has 0 fully saturated rings. The number of aldehydes is 1. The van der Waals surface area contributed by atoms with Crippen LogP contribution in [0, 0.1) is 11.8 Å². The molecule has 13 heavy (non-hydrogen) atoms. The average molecular weight is 178 g/mol. The second-order valence-electron chi connectivity index (χ2n) is 3.60. The normalized spacial score (nSPS) is 28.2. The molecule has 0 bridgehead atoms. The van der Waals surface area contributed by atoms with Crippen molar-refractivity contribution in [1.82, 2.24) is 0 Å². The fraction of sp³-hybridized carbons (Fsp3) is 0.455. The Kier molecular flexibility index (Phi) is 2.81. The van der Waals surface area contributed by atoms with E-state index in [1.165, 1.54) is 0 Å². The molecule has 0 N–H and O–H groups in total. The Labute approximate surface area is 78.3 Å². The SMILES string of the molecule is C=C(C)[C@@H]1CC=C(C)C(=O)[C@H]1C=O. The van der Waals surface area contributed by atoms with E-state index >= 15 is 0 Å².